The molecule has 1 unspecified atom stereocenters. The lowest BCUT2D eigenvalue weighted by Gasteiger charge is -2.16. The Balaban J connectivity index is 2.02. The van der Waals surface area contributed by atoms with Crippen LogP contribution in [-0.2, 0) is 6.42 Å². The number of rotatable bonds is 4. The molecule has 0 saturated heterocycles. The fourth-order valence-corrected chi connectivity index (χ4v) is 1.91. The lowest BCUT2D eigenvalue weighted by atomic mass is 10.1. The monoisotopic (exact) mass is 263 g/mol. The Labute approximate surface area is 110 Å². The summed E-state index contributed by atoms with van der Waals surface area (Å²) in [7, 11) is 0. The van der Waals surface area contributed by atoms with Gasteiger partial charge in [0, 0.05) is 6.04 Å². The van der Waals surface area contributed by atoms with Gasteiger partial charge in [0.25, 0.3) is 0 Å². The minimum atomic E-state index is -0.473. The third-order valence-corrected chi connectivity index (χ3v) is 2.81. The number of nitrogens with one attached hydrogen (secondary N) is 1. The maximum Gasteiger partial charge on any atom is 0.146 e. The lowest BCUT2D eigenvalue weighted by Crippen LogP contribution is -2.18. The molecular weight excluding hydrogens is 248 g/mol. The van der Waals surface area contributed by atoms with Gasteiger partial charge in [-0.25, -0.2) is 8.78 Å². The lowest BCUT2D eigenvalue weighted by molar-refractivity contribution is 0.475. The molecule has 0 spiro atoms. The molecule has 0 saturated carbocycles. The summed E-state index contributed by atoms with van der Waals surface area (Å²) in [6.45, 7) is 1.89. The zero-order chi connectivity index (χ0) is 13.8. The second-order valence-electron chi connectivity index (χ2n) is 4.54. The third-order valence-electron chi connectivity index (χ3n) is 2.81. The van der Waals surface area contributed by atoms with Crippen LogP contribution in [0.5, 0.6) is 5.75 Å². The van der Waals surface area contributed by atoms with Crippen LogP contribution in [0.2, 0.25) is 0 Å². The van der Waals surface area contributed by atoms with Crippen molar-refractivity contribution >= 4 is 5.69 Å². The van der Waals surface area contributed by atoms with Gasteiger partial charge in [0.2, 0.25) is 0 Å². The Morgan fingerprint density at radius 3 is 2.47 bits per heavy atom. The van der Waals surface area contributed by atoms with Gasteiger partial charge < -0.3 is 10.4 Å². The average molecular weight is 263 g/mol. The number of hydrogen-bond acceptors (Lipinski definition) is 2. The molecule has 0 radical (unpaired) electrons. The predicted molar refractivity (Wildman–Crippen MR) is 71.3 cm³/mol. The zero-order valence-electron chi connectivity index (χ0n) is 10.5. The summed E-state index contributed by atoms with van der Waals surface area (Å²) < 4.78 is 26.5. The highest BCUT2D eigenvalue weighted by Gasteiger charge is 2.08. The van der Waals surface area contributed by atoms with Gasteiger partial charge in [0.05, 0.1) is 5.69 Å². The molecule has 0 bridgehead atoms. The van der Waals surface area contributed by atoms with Crippen molar-refractivity contribution in [1.29, 1.82) is 0 Å². The van der Waals surface area contributed by atoms with Crippen LogP contribution < -0.4 is 5.32 Å². The van der Waals surface area contributed by atoms with Crippen LogP contribution in [0.4, 0.5) is 14.5 Å². The second-order valence-corrected chi connectivity index (χ2v) is 4.54. The van der Waals surface area contributed by atoms with E-state index >= 15 is 0 Å². The van der Waals surface area contributed by atoms with Crippen LogP contribution in [0.15, 0.2) is 42.5 Å². The van der Waals surface area contributed by atoms with E-state index in [0.717, 1.165) is 23.8 Å². The van der Waals surface area contributed by atoms with E-state index in [-0.39, 0.29) is 17.5 Å². The van der Waals surface area contributed by atoms with Gasteiger partial charge >= 0.3 is 0 Å². The fraction of sp³-hybridized carbons (Fsp3) is 0.200. The number of halogens is 2. The van der Waals surface area contributed by atoms with Gasteiger partial charge in [-0.3, -0.25) is 0 Å². The normalized spacial score (nSPS) is 12.2. The largest absolute Gasteiger partial charge is 0.508 e. The van der Waals surface area contributed by atoms with Crippen molar-refractivity contribution < 1.29 is 13.9 Å². The first-order valence-electron chi connectivity index (χ1n) is 6.04. The molecule has 0 fully saturated rings. The number of phenols is 1. The maximum absolute atomic E-state index is 13.5. The van der Waals surface area contributed by atoms with E-state index in [9.17, 15) is 13.9 Å². The highest BCUT2D eigenvalue weighted by molar-refractivity contribution is 5.46. The molecular formula is C15H15F2NO. The highest BCUT2D eigenvalue weighted by Crippen LogP contribution is 2.18. The van der Waals surface area contributed by atoms with Crippen molar-refractivity contribution in [2.75, 3.05) is 5.32 Å². The molecule has 2 rings (SSSR count). The van der Waals surface area contributed by atoms with Crippen molar-refractivity contribution in [3.8, 4) is 5.75 Å². The Morgan fingerprint density at radius 1 is 1.11 bits per heavy atom. The van der Waals surface area contributed by atoms with Gasteiger partial charge in [0.1, 0.15) is 17.4 Å². The van der Waals surface area contributed by atoms with Crippen LogP contribution in [-0.4, -0.2) is 11.1 Å². The molecule has 0 heterocycles. The topological polar surface area (TPSA) is 32.3 Å². The van der Waals surface area contributed by atoms with Gasteiger partial charge in [-0.2, -0.15) is 0 Å². The summed E-state index contributed by atoms with van der Waals surface area (Å²) in [6.07, 6.45) is 0.649. The maximum atomic E-state index is 13.5. The van der Waals surface area contributed by atoms with Gasteiger partial charge in [-0.15, -0.1) is 0 Å². The predicted octanol–water partition coefficient (Wildman–Crippen LogP) is 3.71. The molecule has 4 heteroatoms. The summed E-state index contributed by atoms with van der Waals surface area (Å²) in [5.41, 5.74) is 1.17. The minimum Gasteiger partial charge on any atom is -0.508 e. The number of phenolic OH excluding ortho intramolecular Hbond substituents is 1. The number of hydrogen-bond donors (Lipinski definition) is 2. The van der Waals surface area contributed by atoms with Gasteiger partial charge in [-0.05, 0) is 49.2 Å². The second kappa shape index (κ2) is 5.69. The number of anilines is 1. The summed E-state index contributed by atoms with van der Waals surface area (Å²) in [5.74, 6) is -0.736. The van der Waals surface area contributed by atoms with Crippen LogP contribution in [0.1, 0.15) is 12.5 Å². The van der Waals surface area contributed by atoms with Crippen molar-refractivity contribution in [3.63, 3.8) is 0 Å². The Morgan fingerprint density at radius 2 is 1.79 bits per heavy atom. The minimum absolute atomic E-state index is 0.0548. The molecule has 2 nitrogen and oxygen atoms in total. The summed E-state index contributed by atoms with van der Waals surface area (Å²) >= 11 is 0. The van der Waals surface area contributed by atoms with E-state index in [1.54, 1.807) is 24.3 Å². The van der Waals surface area contributed by atoms with Crippen LogP contribution in [0, 0.1) is 11.6 Å². The molecule has 100 valence electrons. The first kappa shape index (κ1) is 13.3. The summed E-state index contributed by atoms with van der Waals surface area (Å²) in [6, 6.07) is 10.1. The van der Waals surface area contributed by atoms with Crippen molar-refractivity contribution in [2.24, 2.45) is 0 Å². The first-order valence-corrected chi connectivity index (χ1v) is 6.04. The summed E-state index contributed by atoms with van der Waals surface area (Å²) in [4.78, 5) is 0. The first-order chi connectivity index (χ1) is 9.04. The SMILES string of the molecule is CC(Cc1ccc(O)cc1)Nc1cc(F)ccc1F. The van der Waals surface area contributed by atoms with E-state index in [4.69, 9.17) is 0 Å². The number of benzene rings is 2. The smallest absolute Gasteiger partial charge is 0.146 e. The van der Waals surface area contributed by atoms with Crippen molar-refractivity contribution in [3.05, 3.63) is 59.7 Å². The van der Waals surface area contributed by atoms with E-state index < -0.39 is 11.6 Å². The zero-order valence-corrected chi connectivity index (χ0v) is 10.5. The highest BCUT2D eigenvalue weighted by atomic mass is 19.1. The van der Waals surface area contributed by atoms with E-state index in [0.29, 0.717) is 6.42 Å². The Bertz CT molecular complexity index is 555. The molecule has 2 aromatic carbocycles. The number of aromatic hydroxyl groups is 1. The summed E-state index contributed by atoms with van der Waals surface area (Å²) in [5, 5.41) is 12.1. The molecule has 0 aliphatic rings. The molecule has 0 aromatic heterocycles. The molecule has 1 atom stereocenters. The van der Waals surface area contributed by atoms with Gasteiger partial charge in [-0.1, -0.05) is 12.1 Å². The quantitative estimate of drug-likeness (QED) is 0.881. The Hall–Kier alpha value is -2.10. The fourth-order valence-electron chi connectivity index (χ4n) is 1.91. The molecule has 2 aromatic rings. The van der Waals surface area contributed by atoms with Crippen LogP contribution in [0.3, 0.4) is 0 Å². The van der Waals surface area contributed by atoms with Crippen molar-refractivity contribution in [1.82, 2.24) is 0 Å². The molecule has 0 aliphatic heterocycles. The molecule has 19 heavy (non-hydrogen) atoms. The van der Waals surface area contributed by atoms with E-state index in [1.165, 1.54) is 0 Å². The molecule has 0 aliphatic carbocycles. The molecule has 2 N–H and O–H groups in total. The van der Waals surface area contributed by atoms with E-state index in [2.05, 4.69) is 5.32 Å². The third kappa shape index (κ3) is 3.68. The average Bonchev–Trinajstić information content (AvgIpc) is 2.37. The van der Waals surface area contributed by atoms with Crippen molar-refractivity contribution in [2.45, 2.75) is 19.4 Å². The Kier molecular flexibility index (Phi) is 4.00. The van der Waals surface area contributed by atoms with Crippen LogP contribution in [0.25, 0.3) is 0 Å². The van der Waals surface area contributed by atoms with Gasteiger partial charge in [0.15, 0.2) is 0 Å². The van der Waals surface area contributed by atoms with Crippen LogP contribution >= 0.6 is 0 Å². The molecule has 0 amide bonds. The standard InChI is InChI=1S/C15H15F2NO/c1-10(8-11-2-5-13(19)6-3-11)18-15-9-12(16)4-7-14(15)17/h2-7,9-10,18-19H,8H2,1H3. The van der Waals surface area contributed by atoms with E-state index in [1.807, 2.05) is 6.92 Å².